The van der Waals surface area contributed by atoms with Crippen molar-refractivity contribution in [1.29, 1.82) is 0 Å². The predicted octanol–water partition coefficient (Wildman–Crippen LogP) is 2.67. The van der Waals surface area contributed by atoms with Crippen LogP contribution in [0.1, 0.15) is 43.7 Å². The summed E-state index contributed by atoms with van der Waals surface area (Å²) in [6, 6.07) is 8.04. The Morgan fingerprint density at radius 2 is 1.84 bits per heavy atom. The van der Waals surface area contributed by atoms with Gasteiger partial charge in [-0.05, 0) is 50.4 Å². The molecule has 3 heterocycles. The van der Waals surface area contributed by atoms with Crippen molar-refractivity contribution in [2.45, 2.75) is 51.6 Å². The van der Waals surface area contributed by atoms with Crippen molar-refractivity contribution in [3.8, 4) is 11.3 Å². The summed E-state index contributed by atoms with van der Waals surface area (Å²) in [5.74, 6) is 0.641. The lowest BCUT2D eigenvalue weighted by Gasteiger charge is -2.34. The number of carbonyl (C=O) groups is 2. The van der Waals surface area contributed by atoms with Crippen molar-refractivity contribution >= 4 is 23.8 Å². The topological polar surface area (TPSA) is 117 Å². The van der Waals surface area contributed by atoms with Crippen molar-refractivity contribution < 1.29 is 14.3 Å². The van der Waals surface area contributed by atoms with E-state index in [0.717, 1.165) is 80.9 Å². The molecule has 204 valence electrons. The zero-order chi connectivity index (χ0) is 26.6. The van der Waals surface area contributed by atoms with E-state index in [-0.39, 0.29) is 29.9 Å². The number of ether oxygens (including phenoxy) is 1. The molecule has 1 aromatic heterocycles. The number of anilines is 2. The van der Waals surface area contributed by atoms with Gasteiger partial charge in [0.1, 0.15) is 5.82 Å². The molecule has 2 atom stereocenters. The maximum Gasteiger partial charge on any atom is 0.317 e. The van der Waals surface area contributed by atoms with Gasteiger partial charge in [-0.1, -0.05) is 25.0 Å². The lowest BCUT2D eigenvalue weighted by Crippen LogP contribution is -2.51. The van der Waals surface area contributed by atoms with Crippen molar-refractivity contribution in [2.75, 3.05) is 57.0 Å². The maximum absolute atomic E-state index is 13.3. The highest BCUT2D eigenvalue weighted by atomic mass is 16.5. The van der Waals surface area contributed by atoms with Crippen LogP contribution in [0.15, 0.2) is 24.3 Å². The maximum atomic E-state index is 13.3. The molecule has 1 aromatic carbocycles. The molecular weight excluding hydrogens is 482 g/mol. The van der Waals surface area contributed by atoms with Crippen molar-refractivity contribution in [2.24, 2.45) is 5.92 Å². The van der Waals surface area contributed by atoms with Crippen molar-refractivity contribution in [3.63, 3.8) is 0 Å². The van der Waals surface area contributed by atoms with Crippen LogP contribution in [0.5, 0.6) is 0 Å². The van der Waals surface area contributed by atoms with E-state index in [1.54, 1.807) is 0 Å². The number of urea groups is 1. The van der Waals surface area contributed by atoms with Gasteiger partial charge >= 0.3 is 12.0 Å². The minimum absolute atomic E-state index is 0.120. The van der Waals surface area contributed by atoms with Gasteiger partial charge in [-0.2, -0.15) is 4.98 Å². The Bertz CT molecular complexity index is 1170. The molecule has 2 aliphatic heterocycles. The standard InChI is InChI=1S/C28H39N7O3/c1-3-38-26(36)22-6-4-5-7-23(22)31-28(37)35-11-10-19-8-9-20(16-21(19)18-35)24-17-25(32-27(29)30-24)34-14-12-33(2)13-15-34/h8-9,16-17,22-23H,3-7,10-15,18H2,1-2H3,(H,31,37)(H2,29,30,32). The van der Waals surface area contributed by atoms with E-state index in [1.165, 1.54) is 5.56 Å². The monoisotopic (exact) mass is 521 g/mol. The number of benzene rings is 1. The number of piperazine rings is 1. The number of fused-ring (bicyclic) bond motifs is 1. The van der Waals surface area contributed by atoms with E-state index in [2.05, 4.69) is 50.3 Å². The van der Waals surface area contributed by atoms with Gasteiger partial charge in [0.05, 0.1) is 18.2 Å². The third-order valence-corrected chi connectivity index (χ3v) is 8.02. The molecule has 38 heavy (non-hydrogen) atoms. The second kappa shape index (κ2) is 11.6. The molecule has 3 N–H and O–H groups in total. The van der Waals surface area contributed by atoms with Gasteiger partial charge in [0, 0.05) is 56.9 Å². The Morgan fingerprint density at radius 1 is 1.05 bits per heavy atom. The van der Waals surface area contributed by atoms with Crippen LogP contribution in [-0.4, -0.2) is 84.2 Å². The normalized spacial score (nSPS) is 22.1. The third kappa shape index (κ3) is 5.85. The van der Waals surface area contributed by atoms with Gasteiger partial charge in [-0.15, -0.1) is 0 Å². The summed E-state index contributed by atoms with van der Waals surface area (Å²) in [5.41, 5.74) is 10.2. The molecular formula is C28H39N7O3. The molecule has 2 unspecified atom stereocenters. The lowest BCUT2D eigenvalue weighted by molar-refractivity contribution is -0.150. The highest BCUT2D eigenvalue weighted by Crippen LogP contribution is 2.29. The molecule has 2 amide bonds. The Kier molecular flexibility index (Phi) is 7.97. The Morgan fingerprint density at radius 3 is 2.63 bits per heavy atom. The smallest absolute Gasteiger partial charge is 0.317 e. The summed E-state index contributed by atoms with van der Waals surface area (Å²) >= 11 is 0. The first-order chi connectivity index (χ1) is 18.4. The average molecular weight is 522 g/mol. The fourth-order valence-corrected chi connectivity index (χ4v) is 5.77. The van der Waals surface area contributed by atoms with E-state index >= 15 is 0 Å². The zero-order valence-electron chi connectivity index (χ0n) is 22.5. The number of aromatic nitrogens is 2. The van der Waals surface area contributed by atoms with Crippen LogP contribution in [0.3, 0.4) is 0 Å². The number of nitrogens with two attached hydrogens (primary N) is 1. The Hall–Kier alpha value is -3.40. The molecule has 10 nitrogen and oxygen atoms in total. The number of nitrogens with zero attached hydrogens (tertiary/aromatic N) is 5. The summed E-state index contributed by atoms with van der Waals surface area (Å²) in [6.07, 6.45) is 4.33. The molecule has 1 saturated carbocycles. The van der Waals surface area contributed by atoms with Crippen LogP contribution in [0, 0.1) is 5.92 Å². The number of nitrogen functional groups attached to an aromatic ring is 1. The van der Waals surface area contributed by atoms with Crippen LogP contribution in [0.25, 0.3) is 11.3 Å². The minimum Gasteiger partial charge on any atom is -0.466 e. The first-order valence-corrected chi connectivity index (χ1v) is 13.8. The fraction of sp³-hybridized carbons (Fsp3) is 0.571. The van der Waals surface area contributed by atoms with Crippen LogP contribution in [-0.2, 0) is 22.5 Å². The Balaban J connectivity index is 1.29. The molecule has 0 spiro atoms. The molecule has 1 aliphatic carbocycles. The summed E-state index contributed by atoms with van der Waals surface area (Å²) in [4.78, 5) is 41.1. The van der Waals surface area contributed by atoms with E-state index in [4.69, 9.17) is 10.5 Å². The van der Waals surface area contributed by atoms with Gasteiger partial charge in [0.25, 0.3) is 0 Å². The quantitative estimate of drug-likeness (QED) is 0.577. The summed E-state index contributed by atoms with van der Waals surface area (Å²) < 4.78 is 5.27. The molecule has 0 radical (unpaired) electrons. The number of nitrogens with one attached hydrogen (secondary N) is 1. The Labute approximate surface area is 224 Å². The van der Waals surface area contributed by atoms with Gasteiger partial charge in [-0.3, -0.25) is 4.79 Å². The third-order valence-electron chi connectivity index (χ3n) is 8.02. The average Bonchev–Trinajstić information content (AvgIpc) is 2.93. The lowest BCUT2D eigenvalue weighted by atomic mass is 9.84. The molecule has 2 fully saturated rings. The summed E-state index contributed by atoms with van der Waals surface area (Å²) in [6.45, 7) is 7.10. The first-order valence-electron chi connectivity index (χ1n) is 13.8. The number of amides is 2. The van der Waals surface area contributed by atoms with Crippen LogP contribution >= 0.6 is 0 Å². The van der Waals surface area contributed by atoms with Crippen LogP contribution in [0.4, 0.5) is 16.6 Å². The zero-order valence-corrected chi connectivity index (χ0v) is 22.5. The number of hydrogen-bond acceptors (Lipinski definition) is 8. The van der Waals surface area contributed by atoms with Crippen LogP contribution < -0.4 is 16.0 Å². The van der Waals surface area contributed by atoms with Gasteiger partial charge in [0.15, 0.2) is 0 Å². The fourth-order valence-electron chi connectivity index (χ4n) is 5.77. The number of esters is 1. The first kappa shape index (κ1) is 26.2. The number of carbonyl (C=O) groups excluding carboxylic acids is 2. The summed E-state index contributed by atoms with van der Waals surface area (Å²) in [5, 5.41) is 3.15. The second-order valence-electron chi connectivity index (χ2n) is 10.6. The van der Waals surface area contributed by atoms with Gasteiger partial charge in [-0.25, -0.2) is 9.78 Å². The molecule has 1 saturated heterocycles. The van der Waals surface area contributed by atoms with Gasteiger partial charge < -0.3 is 30.5 Å². The van der Waals surface area contributed by atoms with Gasteiger partial charge in [0.2, 0.25) is 5.95 Å². The number of rotatable bonds is 5. The predicted molar refractivity (Wildman–Crippen MR) is 147 cm³/mol. The molecule has 5 rings (SSSR count). The highest BCUT2D eigenvalue weighted by Gasteiger charge is 2.34. The van der Waals surface area contributed by atoms with Crippen LogP contribution in [0.2, 0.25) is 0 Å². The van der Waals surface area contributed by atoms with E-state index in [9.17, 15) is 9.59 Å². The largest absolute Gasteiger partial charge is 0.466 e. The van der Waals surface area contributed by atoms with E-state index in [0.29, 0.717) is 19.7 Å². The number of hydrogen-bond donors (Lipinski definition) is 2. The minimum atomic E-state index is -0.269. The molecule has 10 heteroatoms. The number of likely N-dealkylation sites (N-methyl/N-ethyl adjacent to an activating group) is 1. The van der Waals surface area contributed by atoms with Crippen molar-refractivity contribution in [3.05, 3.63) is 35.4 Å². The highest BCUT2D eigenvalue weighted by molar-refractivity contribution is 5.78. The molecule has 0 bridgehead atoms. The summed E-state index contributed by atoms with van der Waals surface area (Å²) in [7, 11) is 2.13. The molecule has 2 aromatic rings. The molecule has 3 aliphatic rings. The van der Waals surface area contributed by atoms with E-state index < -0.39 is 0 Å². The van der Waals surface area contributed by atoms with Crippen molar-refractivity contribution in [1.82, 2.24) is 25.1 Å². The van der Waals surface area contributed by atoms with E-state index in [1.807, 2.05) is 17.9 Å². The second-order valence-corrected chi connectivity index (χ2v) is 10.6. The SMILES string of the molecule is CCOC(=O)C1CCCCC1NC(=O)N1CCc2ccc(-c3cc(N4CCN(C)CC4)nc(N)n3)cc2C1.